The summed E-state index contributed by atoms with van der Waals surface area (Å²) in [6.07, 6.45) is 4.71. The Bertz CT molecular complexity index is 346. The molecule has 5 nitrogen and oxygen atoms in total. The van der Waals surface area contributed by atoms with Gasteiger partial charge in [-0.05, 0) is 46.1 Å². The molecule has 0 spiro atoms. The highest BCUT2D eigenvalue weighted by atomic mass is 16.6. The van der Waals surface area contributed by atoms with Crippen LogP contribution < -0.4 is 0 Å². The van der Waals surface area contributed by atoms with Crippen molar-refractivity contribution in [3.8, 4) is 0 Å². The fraction of sp³-hybridized carbons (Fsp3) is 0.933. The lowest BCUT2D eigenvalue weighted by Crippen LogP contribution is -2.47. The molecule has 2 heterocycles. The van der Waals surface area contributed by atoms with E-state index >= 15 is 0 Å². The average Bonchev–Trinajstić information content (AvgIpc) is 2.92. The van der Waals surface area contributed by atoms with Gasteiger partial charge >= 0.3 is 6.09 Å². The van der Waals surface area contributed by atoms with Crippen LogP contribution in [0, 0.1) is 0 Å². The average molecular weight is 284 g/mol. The van der Waals surface area contributed by atoms with Crippen LogP contribution in [0.4, 0.5) is 4.79 Å². The third kappa shape index (κ3) is 3.26. The van der Waals surface area contributed by atoms with Crippen LogP contribution in [-0.4, -0.2) is 67.4 Å². The van der Waals surface area contributed by atoms with Gasteiger partial charge in [-0.15, -0.1) is 0 Å². The SMILES string of the molecule is CC(C)OCC12CCCN1[C@@H](COC(=O)N(C)C)CC2. The summed E-state index contributed by atoms with van der Waals surface area (Å²) in [5.41, 5.74) is 0.194. The van der Waals surface area contributed by atoms with Crippen LogP contribution in [0.15, 0.2) is 0 Å². The molecule has 0 aliphatic carbocycles. The Morgan fingerprint density at radius 1 is 1.40 bits per heavy atom. The Kier molecular flexibility index (Phi) is 4.91. The Hall–Kier alpha value is -0.810. The molecule has 0 aromatic rings. The summed E-state index contributed by atoms with van der Waals surface area (Å²) in [7, 11) is 3.43. The quantitative estimate of drug-likeness (QED) is 0.775. The first-order chi connectivity index (χ1) is 9.44. The van der Waals surface area contributed by atoms with Crippen molar-refractivity contribution in [2.45, 2.75) is 57.2 Å². The first-order valence-corrected chi connectivity index (χ1v) is 7.67. The molecule has 2 fully saturated rings. The van der Waals surface area contributed by atoms with Crippen LogP contribution in [0.5, 0.6) is 0 Å². The van der Waals surface area contributed by atoms with E-state index in [1.165, 1.54) is 17.7 Å². The molecule has 1 unspecified atom stereocenters. The zero-order valence-corrected chi connectivity index (χ0v) is 13.2. The maximum Gasteiger partial charge on any atom is 0.409 e. The van der Waals surface area contributed by atoms with E-state index in [9.17, 15) is 4.79 Å². The minimum absolute atomic E-state index is 0.194. The van der Waals surface area contributed by atoms with Crippen LogP contribution in [0.1, 0.15) is 39.5 Å². The molecular weight excluding hydrogens is 256 g/mol. The third-order valence-electron chi connectivity index (χ3n) is 4.48. The Morgan fingerprint density at radius 3 is 2.80 bits per heavy atom. The molecule has 20 heavy (non-hydrogen) atoms. The van der Waals surface area contributed by atoms with Crippen molar-refractivity contribution in [3.63, 3.8) is 0 Å². The zero-order valence-electron chi connectivity index (χ0n) is 13.2. The summed E-state index contributed by atoms with van der Waals surface area (Å²) in [6, 6.07) is 0.358. The largest absolute Gasteiger partial charge is 0.448 e. The van der Waals surface area contributed by atoms with E-state index in [4.69, 9.17) is 9.47 Å². The number of hydrogen-bond acceptors (Lipinski definition) is 4. The topological polar surface area (TPSA) is 42.0 Å². The molecule has 5 heteroatoms. The second-order valence-corrected chi connectivity index (χ2v) is 6.54. The van der Waals surface area contributed by atoms with Crippen molar-refractivity contribution in [2.24, 2.45) is 0 Å². The Labute approximate surface area is 122 Å². The lowest BCUT2D eigenvalue weighted by Gasteiger charge is -2.35. The molecule has 2 rings (SSSR count). The number of fused-ring (bicyclic) bond motifs is 1. The number of ether oxygens (including phenoxy) is 2. The van der Waals surface area contributed by atoms with E-state index in [0.29, 0.717) is 12.6 Å². The van der Waals surface area contributed by atoms with Crippen molar-refractivity contribution < 1.29 is 14.3 Å². The van der Waals surface area contributed by atoms with Gasteiger partial charge in [0.2, 0.25) is 0 Å². The molecule has 0 saturated carbocycles. The highest BCUT2D eigenvalue weighted by Gasteiger charge is 2.49. The molecule has 0 radical (unpaired) electrons. The van der Waals surface area contributed by atoms with E-state index in [-0.39, 0.29) is 17.7 Å². The van der Waals surface area contributed by atoms with Crippen LogP contribution >= 0.6 is 0 Å². The molecule has 1 amide bonds. The Morgan fingerprint density at radius 2 is 2.15 bits per heavy atom. The highest BCUT2D eigenvalue weighted by Crippen LogP contribution is 2.42. The molecule has 2 aliphatic rings. The molecule has 0 N–H and O–H groups in total. The smallest absolute Gasteiger partial charge is 0.409 e. The van der Waals surface area contributed by atoms with Gasteiger partial charge in [-0.1, -0.05) is 0 Å². The lowest BCUT2D eigenvalue weighted by molar-refractivity contribution is -0.0121. The number of carbonyl (C=O) groups is 1. The summed E-state index contributed by atoms with van der Waals surface area (Å²) < 4.78 is 11.3. The number of hydrogen-bond donors (Lipinski definition) is 0. The standard InChI is InChI=1S/C15H28N2O3/c1-12(2)20-11-15-7-5-9-17(15)13(6-8-15)10-19-14(18)16(3)4/h12-13H,5-11H2,1-4H3/t13-,15?/m1/s1. The predicted molar refractivity (Wildman–Crippen MR) is 77.8 cm³/mol. The lowest BCUT2D eigenvalue weighted by atomic mass is 9.95. The Balaban J connectivity index is 1.90. The monoisotopic (exact) mass is 284 g/mol. The van der Waals surface area contributed by atoms with Crippen molar-refractivity contribution in [2.75, 3.05) is 33.9 Å². The number of amides is 1. The van der Waals surface area contributed by atoms with E-state index in [0.717, 1.165) is 26.0 Å². The van der Waals surface area contributed by atoms with Gasteiger partial charge in [0.1, 0.15) is 6.61 Å². The van der Waals surface area contributed by atoms with Crippen LogP contribution in [0.25, 0.3) is 0 Å². The highest BCUT2D eigenvalue weighted by molar-refractivity contribution is 5.66. The van der Waals surface area contributed by atoms with E-state index < -0.39 is 0 Å². The first kappa shape index (κ1) is 15.6. The zero-order chi connectivity index (χ0) is 14.8. The maximum absolute atomic E-state index is 11.5. The summed E-state index contributed by atoms with van der Waals surface area (Å²) in [5.74, 6) is 0. The van der Waals surface area contributed by atoms with Gasteiger partial charge in [0.15, 0.2) is 0 Å². The van der Waals surface area contributed by atoms with Crippen LogP contribution in [0.2, 0.25) is 0 Å². The predicted octanol–water partition coefficient (Wildman–Crippen LogP) is 2.11. The van der Waals surface area contributed by atoms with Gasteiger partial charge in [0, 0.05) is 25.7 Å². The molecule has 116 valence electrons. The van der Waals surface area contributed by atoms with Crippen molar-refractivity contribution in [1.82, 2.24) is 9.80 Å². The van der Waals surface area contributed by atoms with Crippen molar-refractivity contribution >= 4 is 6.09 Å². The summed E-state index contributed by atoms with van der Waals surface area (Å²) in [6.45, 7) is 6.58. The van der Waals surface area contributed by atoms with Gasteiger partial charge in [-0.2, -0.15) is 0 Å². The van der Waals surface area contributed by atoms with Crippen LogP contribution in [0.3, 0.4) is 0 Å². The fourth-order valence-electron chi connectivity index (χ4n) is 3.41. The second-order valence-electron chi connectivity index (χ2n) is 6.54. The van der Waals surface area contributed by atoms with Crippen molar-refractivity contribution in [1.29, 1.82) is 0 Å². The fourth-order valence-corrected chi connectivity index (χ4v) is 3.41. The third-order valence-corrected chi connectivity index (χ3v) is 4.48. The van der Waals surface area contributed by atoms with E-state index in [1.807, 2.05) is 0 Å². The molecule has 2 saturated heterocycles. The molecule has 0 aromatic heterocycles. The second kappa shape index (κ2) is 6.31. The van der Waals surface area contributed by atoms with E-state index in [1.54, 1.807) is 14.1 Å². The normalized spacial score (nSPS) is 29.8. The molecule has 0 bridgehead atoms. The first-order valence-electron chi connectivity index (χ1n) is 7.67. The maximum atomic E-state index is 11.5. The van der Waals surface area contributed by atoms with Gasteiger partial charge in [-0.3, -0.25) is 4.90 Å². The summed E-state index contributed by atoms with van der Waals surface area (Å²) in [4.78, 5) is 15.6. The van der Waals surface area contributed by atoms with Crippen molar-refractivity contribution in [3.05, 3.63) is 0 Å². The molecule has 2 atom stereocenters. The van der Waals surface area contributed by atoms with E-state index in [2.05, 4.69) is 18.7 Å². The van der Waals surface area contributed by atoms with Gasteiger partial charge < -0.3 is 14.4 Å². The van der Waals surface area contributed by atoms with Gasteiger partial charge in [0.25, 0.3) is 0 Å². The van der Waals surface area contributed by atoms with Crippen LogP contribution in [-0.2, 0) is 9.47 Å². The minimum Gasteiger partial charge on any atom is -0.448 e. The van der Waals surface area contributed by atoms with Gasteiger partial charge in [0.05, 0.1) is 12.7 Å². The number of nitrogens with zero attached hydrogens (tertiary/aromatic N) is 2. The summed E-state index contributed by atoms with van der Waals surface area (Å²) in [5, 5.41) is 0. The number of rotatable bonds is 5. The molecular formula is C15H28N2O3. The van der Waals surface area contributed by atoms with Gasteiger partial charge in [-0.25, -0.2) is 4.79 Å². The summed E-state index contributed by atoms with van der Waals surface area (Å²) >= 11 is 0. The number of carbonyl (C=O) groups excluding carboxylic acids is 1. The molecule has 2 aliphatic heterocycles. The molecule has 0 aromatic carbocycles. The minimum atomic E-state index is -0.250.